The fourth-order valence-corrected chi connectivity index (χ4v) is 7.04. The van der Waals surface area contributed by atoms with Crippen molar-refractivity contribution < 1.29 is 29.0 Å². The summed E-state index contributed by atoms with van der Waals surface area (Å²) >= 11 is 0. The lowest BCUT2D eigenvalue weighted by Gasteiger charge is -2.54. The number of carbonyl (C=O) groups is 3. The van der Waals surface area contributed by atoms with Gasteiger partial charge in [-0.05, 0) is 80.4 Å². The number of aliphatic imine (C=N–C) groups is 1. The van der Waals surface area contributed by atoms with Gasteiger partial charge in [0.2, 0.25) is 5.91 Å². The average Bonchev–Trinajstić information content (AvgIpc) is 3.42. The van der Waals surface area contributed by atoms with Gasteiger partial charge in [0.05, 0.1) is 19.8 Å². The second-order valence-corrected chi connectivity index (χ2v) is 11.8. The van der Waals surface area contributed by atoms with Gasteiger partial charge in [-0.2, -0.15) is 0 Å². The number of carbonyl (C=O) groups excluding carboxylic acids is 2. The maximum atomic E-state index is 12.6. The summed E-state index contributed by atoms with van der Waals surface area (Å²) in [6, 6.07) is 6.01. The van der Waals surface area contributed by atoms with Crippen LogP contribution in [0.1, 0.15) is 63.4 Å². The molecule has 0 aromatic heterocycles. The molecule has 2 amide bonds. The number of guanidine groups is 1. The Morgan fingerprint density at radius 3 is 2.74 bits per heavy atom. The number of nitrogens with one attached hydrogen (secondary N) is 3. The number of hydrogen-bond donors (Lipinski definition) is 4. The van der Waals surface area contributed by atoms with E-state index in [0.29, 0.717) is 44.3 Å². The van der Waals surface area contributed by atoms with E-state index in [2.05, 4.69) is 20.9 Å². The Hall–Kier alpha value is -3.30. The number of hydrogen-bond acceptors (Lipinski definition) is 7. The molecule has 0 saturated heterocycles. The molecular formula is C29H40N4O6. The quantitative estimate of drug-likeness (QED) is 0.316. The van der Waals surface area contributed by atoms with Crippen LogP contribution < -0.4 is 20.7 Å². The summed E-state index contributed by atoms with van der Waals surface area (Å²) in [4.78, 5) is 40.5. The van der Waals surface area contributed by atoms with Crippen LogP contribution in [0.15, 0.2) is 29.3 Å². The standard InChI is InChI=1S/C29H40N4O6/c34-25(33-27-30-11-12-31-27)2-1-13-38-23-7-4-19(5-8-23)15-24(26(35)36)32-28(37)39-18-29-10-9-21-6-3-20(16-29)14-22(21)17-29/h4-5,7-8,20-22,24H,1-3,6,9-18H2,(H,32,37)(H,35,36)(H2,30,31,33,34)/t20?,21?,22?,24-,29?/m0/s1. The van der Waals surface area contributed by atoms with Crippen molar-refractivity contribution >= 4 is 23.9 Å². The number of nitrogens with zero attached hydrogens (tertiary/aromatic N) is 1. The van der Waals surface area contributed by atoms with Crippen LogP contribution >= 0.6 is 0 Å². The van der Waals surface area contributed by atoms with E-state index in [0.717, 1.165) is 49.1 Å². The molecule has 0 radical (unpaired) electrons. The lowest BCUT2D eigenvalue weighted by molar-refractivity contribution is -0.139. The minimum atomic E-state index is -1.10. The van der Waals surface area contributed by atoms with Crippen molar-refractivity contribution in [1.82, 2.24) is 16.0 Å². The molecule has 10 nitrogen and oxygen atoms in total. The molecule has 4 N–H and O–H groups in total. The van der Waals surface area contributed by atoms with Crippen molar-refractivity contribution in [2.75, 3.05) is 26.3 Å². The summed E-state index contributed by atoms with van der Waals surface area (Å²) < 4.78 is 11.3. The van der Waals surface area contributed by atoms with Gasteiger partial charge < -0.3 is 25.2 Å². The van der Waals surface area contributed by atoms with Crippen molar-refractivity contribution in [2.45, 2.75) is 70.3 Å². The molecule has 39 heavy (non-hydrogen) atoms. The fraction of sp³-hybridized carbons (Fsp3) is 0.655. The second-order valence-electron chi connectivity index (χ2n) is 11.8. The molecule has 1 aromatic rings. The van der Waals surface area contributed by atoms with Crippen molar-refractivity contribution in [3.63, 3.8) is 0 Å². The Bertz CT molecular complexity index is 1070. The lowest BCUT2D eigenvalue weighted by Crippen LogP contribution is -2.48. The zero-order valence-electron chi connectivity index (χ0n) is 22.5. The van der Waals surface area contributed by atoms with Crippen LogP contribution in [0.3, 0.4) is 0 Å². The van der Waals surface area contributed by atoms with E-state index in [1.54, 1.807) is 24.3 Å². The second kappa shape index (κ2) is 12.3. The molecule has 1 heterocycles. The SMILES string of the molecule is O=C(CCCOc1ccc(C[C@H](NC(=O)OCC23CCC4CCC(CC4C2)C3)C(=O)O)cc1)NC1=NCCN1. The van der Waals surface area contributed by atoms with Gasteiger partial charge in [0, 0.05) is 24.8 Å². The molecule has 3 aliphatic carbocycles. The molecule has 3 bridgehead atoms. The average molecular weight is 541 g/mol. The highest BCUT2D eigenvalue weighted by Crippen LogP contribution is 2.58. The number of carboxylic acids is 1. The number of benzene rings is 1. The largest absolute Gasteiger partial charge is 0.494 e. The molecule has 3 fully saturated rings. The van der Waals surface area contributed by atoms with Crippen molar-refractivity contribution in [1.29, 1.82) is 0 Å². The first kappa shape index (κ1) is 27.3. The molecule has 5 rings (SSSR count). The van der Waals surface area contributed by atoms with E-state index < -0.39 is 18.1 Å². The monoisotopic (exact) mass is 540 g/mol. The lowest BCUT2D eigenvalue weighted by atomic mass is 9.52. The molecule has 1 aromatic carbocycles. The molecular weight excluding hydrogens is 500 g/mol. The van der Waals surface area contributed by atoms with Gasteiger partial charge in [-0.25, -0.2) is 9.59 Å². The number of alkyl carbamates (subject to hydrolysis) is 1. The van der Waals surface area contributed by atoms with Gasteiger partial charge in [-0.3, -0.25) is 15.1 Å². The van der Waals surface area contributed by atoms with Crippen molar-refractivity contribution in [3.05, 3.63) is 29.8 Å². The number of amides is 2. The Balaban J connectivity index is 1.03. The van der Waals surface area contributed by atoms with Gasteiger partial charge in [-0.1, -0.05) is 18.6 Å². The first-order chi connectivity index (χ1) is 18.9. The van der Waals surface area contributed by atoms with Gasteiger partial charge in [0.1, 0.15) is 11.8 Å². The van der Waals surface area contributed by atoms with E-state index in [1.165, 1.54) is 25.7 Å². The van der Waals surface area contributed by atoms with Crippen LogP contribution in [-0.4, -0.2) is 61.4 Å². The molecule has 0 spiro atoms. The van der Waals surface area contributed by atoms with Crippen molar-refractivity contribution in [3.8, 4) is 5.75 Å². The van der Waals surface area contributed by atoms with Gasteiger partial charge in [-0.15, -0.1) is 0 Å². The highest BCUT2D eigenvalue weighted by molar-refractivity contribution is 5.97. The van der Waals surface area contributed by atoms with E-state index in [-0.39, 0.29) is 17.7 Å². The molecule has 10 heteroatoms. The predicted molar refractivity (Wildman–Crippen MR) is 144 cm³/mol. The van der Waals surface area contributed by atoms with E-state index in [1.807, 2.05) is 0 Å². The van der Waals surface area contributed by atoms with Crippen LogP contribution in [0.2, 0.25) is 0 Å². The molecule has 4 aliphatic rings. The Labute approximate surface area is 229 Å². The number of carboxylic acid groups (broad SMARTS) is 1. The fourth-order valence-electron chi connectivity index (χ4n) is 7.04. The molecule has 5 atom stereocenters. The third kappa shape index (κ3) is 7.22. The Kier molecular flexibility index (Phi) is 8.57. The van der Waals surface area contributed by atoms with Crippen LogP contribution in [0, 0.1) is 23.2 Å². The number of rotatable bonds is 11. The van der Waals surface area contributed by atoms with E-state index in [4.69, 9.17) is 9.47 Å². The highest BCUT2D eigenvalue weighted by Gasteiger charge is 2.49. The highest BCUT2D eigenvalue weighted by atomic mass is 16.5. The molecule has 212 valence electrons. The maximum absolute atomic E-state index is 12.6. The summed E-state index contributed by atoms with van der Waals surface area (Å²) in [6.45, 7) is 2.17. The molecule has 4 unspecified atom stereocenters. The smallest absolute Gasteiger partial charge is 0.407 e. The summed E-state index contributed by atoms with van der Waals surface area (Å²) in [6.07, 6.45) is 8.93. The molecule has 3 saturated carbocycles. The maximum Gasteiger partial charge on any atom is 0.407 e. The predicted octanol–water partition coefficient (Wildman–Crippen LogP) is 3.25. The first-order valence-electron chi connectivity index (χ1n) is 14.3. The van der Waals surface area contributed by atoms with Crippen LogP contribution in [0.5, 0.6) is 5.75 Å². The number of aliphatic carboxylic acids is 1. The van der Waals surface area contributed by atoms with Gasteiger partial charge in [0.15, 0.2) is 5.96 Å². The van der Waals surface area contributed by atoms with Crippen LogP contribution in [0.25, 0.3) is 0 Å². The van der Waals surface area contributed by atoms with Crippen LogP contribution in [0.4, 0.5) is 4.79 Å². The normalized spacial score (nSPS) is 27.6. The minimum Gasteiger partial charge on any atom is -0.494 e. The number of ether oxygens (including phenoxy) is 2. The Morgan fingerprint density at radius 1 is 1.13 bits per heavy atom. The summed E-state index contributed by atoms with van der Waals surface area (Å²) in [7, 11) is 0. The molecule has 1 aliphatic heterocycles. The van der Waals surface area contributed by atoms with Crippen LogP contribution in [-0.2, 0) is 20.7 Å². The minimum absolute atomic E-state index is 0.0716. The third-order valence-electron chi connectivity index (χ3n) is 8.92. The van der Waals surface area contributed by atoms with E-state index in [9.17, 15) is 19.5 Å². The van der Waals surface area contributed by atoms with Crippen molar-refractivity contribution in [2.24, 2.45) is 28.2 Å². The Morgan fingerprint density at radius 2 is 1.97 bits per heavy atom. The summed E-state index contributed by atoms with van der Waals surface area (Å²) in [5, 5.41) is 18.0. The van der Waals surface area contributed by atoms with Gasteiger partial charge >= 0.3 is 12.1 Å². The number of fused-ring (bicyclic) bond motifs is 2. The van der Waals surface area contributed by atoms with E-state index >= 15 is 0 Å². The first-order valence-corrected chi connectivity index (χ1v) is 14.3. The summed E-state index contributed by atoms with van der Waals surface area (Å²) in [5.74, 6) is 2.31. The van der Waals surface area contributed by atoms with Gasteiger partial charge in [0.25, 0.3) is 0 Å². The zero-order valence-corrected chi connectivity index (χ0v) is 22.5. The zero-order chi connectivity index (χ0) is 27.2. The third-order valence-corrected chi connectivity index (χ3v) is 8.92. The topological polar surface area (TPSA) is 138 Å². The summed E-state index contributed by atoms with van der Waals surface area (Å²) in [5.41, 5.74) is 0.832.